The number of anilines is 1. The zero-order chi connectivity index (χ0) is 11.8. The normalized spacial score (nSPS) is 24.4. The van der Waals surface area contributed by atoms with E-state index < -0.39 is 0 Å². The van der Waals surface area contributed by atoms with E-state index in [9.17, 15) is 0 Å². The van der Waals surface area contributed by atoms with Gasteiger partial charge in [0.25, 0.3) is 0 Å². The smallest absolute Gasteiger partial charge is 0.0825 e. The molecular weight excluding hydrogens is 218 g/mol. The Labute approximate surface area is 102 Å². The lowest BCUT2D eigenvalue weighted by atomic mass is 9.88. The summed E-state index contributed by atoms with van der Waals surface area (Å²) in [7, 11) is 1.97. The van der Waals surface area contributed by atoms with E-state index in [1.807, 2.05) is 11.7 Å². The fourth-order valence-corrected chi connectivity index (χ4v) is 3.59. The van der Waals surface area contributed by atoms with Gasteiger partial charge in [-0.25, -0.2) is 0 Å². The Balaban J connectivity index is 2.02. The molecule has 3 nitrogen and oxygen atoms in total. The maximum absolute atomic E-state index is 4.36. The minimum Gasteiger partial charge on any atom is -0.379 e. The molecule has 1 unspecified atom stereocenters. The largest absolute Gasteiger partial charge is 0.379 e. The van der Waals surface area contributed by atoms with Crippen LogP contribution < -0.4 is 5.32 Å². The highest BCUT2D eigenvalue weighted by atomic mass is 32.2. The molecule has 90 valence electrons. The van der Waals surface area contributed by atoms with Crippen LogP contribution >= 0.6 is 11.8 Å². The average Bonchev–Trinajstić information content (AvgIpc) is 2.43. The minimum atomic E-state index is 0.455. The Hall–Kier alpha value is -0.640. The first-order valence-electron chi connectivity index (χ1n) is 5.81. The standard InChI is InChI=1S/C12H21N3S/c1-9-11(6-15(4)14-9)13-10-5-12(2,3)8-16-7-10/h6,10,13H,5,7-8H2,1-4H3. The Morgan fingerprint density at radius 1 is 1.56 bits per heavy atom. The van der Waals surface area contributed by atoms with E-state index in [1.54, 1.807) is 0 Å². The highest BCUT2D eigenvalue weighted by molar-refractivity contribution is 7.99. The van der Waals surface area contributed by atoms with Crippen molar-refractivity contribution in [3.05, 3.63) is 11.9 Å². The molecule has 1 aliphatic heterocycles. The van der Waals surface area contributed by atoms with Crippen LogP contribution in [0.2, 0.25) is 0 Å². The Morgan fingerprint density at radius 3 is 2.88 bits per heavy atom. The fourth-order valence-electron chi connectivity index (χ4n) is 2.32. The van der Waals surface area contributed by atoms with Crippen molar-refractivity contribution in [3.63, 3.8) is 0 Å². The lowest BCUT2D eigenvalue weighted by Crippen LogP contribution is -2.35. The molecule has 0 spiro atoms. The van der Waals surface area contributed by atoms with E-state index in [2.05, 4.69) is 49.1 Å². The minimum absolute atomic E-state index is 0.455. The summed E-state index contributed by atoms with van der Waals surface area (Å²) < 4.78 is 1.87. The quantitative estimate of drug-likeness (QED) is 0.860. The number of nitrogens with one attached hydrogen (secondary N) is 1. The molecule has 1 aromatic rings. The molecule has 16 heavy (non-hydrogen) atoms. The van der Waals surface area contributed by atoms with Gasteiger partial charge in [0, 0.05) is 25.0 Å². The number of hydrogen-bond acceptors (Lipinski definition) is 3. The van der Waals surface area contributed by atoms with Gasteiger partial charge in [0.2, 0.25) is 0 Å². The summed E-state index contributed by atoms with van der Waals surface area (Å²) in [4.78, 5) is 0. The first-order chi connectivity index (χ1) is 7.46. The van der Waals surface area contributed by atoms with Crippen LogP contribution in [-0.4, -0.2) is 27.3 Å². The van der Waals surface area contributed by atoms with E-state index >= 15 is 0 Å². The summed E-state index contributed by atoms with van der Waals surface area (Å²) in [6, 6.07) is 0.580. The van der Waals surface area contributed by atoms with Crippen molar-refractivity contribution in [2.45, 2.75) is 33.2 Å². The summed E-state index contributed by atoms with van der Waals surface area (Å²) in [5.41, 5.74) is 2.73. The molecule has 1 fully saturated rings. The Bertz CT molecular complexity index is 370. The summed E-state index contributed by atoms with van der Waals surface area (Å²) in [5.74, 6) is 2.48. The second-order valence-corrected chi connectivity index (χ2v) is 6.56. The number of thioether (sulfide) groups is 1. The molecule has 1 atom stereocenters. The van der Waals surface area contributed by atoms with Crippen molar-refractivity contribution in [2.24, 2.45) is 12.5 Å². The van der Waals surface area contributed by atoms with E-state index in [-0.39, 0.29) is 0 Å². The van der Waals surface area contributed by atoms with Gasteiger partial charge >= 0.3 is 0 Å². The number of hydrogen-bond donors (Lipinski definition) is 1. The highest BCUT2D eigenvalue weighted by Crippen LogP contribution is 2.34. The van der Waals surface area contributed by atoms with Gasteiger partial charge < -0.3 is 5.32 Å². The lowest BCUT2D eigenvalue weighted by molar-refractivity contribution is 0.358. The third-order valence-electron chi connectivity index (χ3n) is 2.98. The van der Waals surface area contributed by atoms with Crippen molar-refractivity contribution < 1.29 is 0 Å². The molecule has 0 bridgehead atoms. The summed E-state index contributed by atoms with van der Waals surface area (Å²) >= 11 is 2.05. The molecule has 1 saturated heterocycles. The molecule has 1 aromatic heterocycles. The fraction of sp³-hybridized carbons (Fsp3) is 0.750. The van der Waals surface area contributed by atoms with Gasteiger partial charge in [0.15, 0.2) is 0 Å². The van der Waals surface area contributed by atoms with Crippen LogP contribution in [0.15, 0.2) is 6.20 Å². The van der Waals surface area contributed by atoms with Crippen molar-refractivity contribution in [2.75, 3.05) is 16.8 Å². The molecule has 1 N–H and O–H groups in total. The Kier molecular flexibility index (Phi) is 3.19. The molecule has 0 amide bonds. The van der Waals surface area contributed by atoms with Crippen LogP contribution in [-0.2, 0) is 7.05 Å². The van der Waals surface area contributed by atoms with Crippen molar-refractivity contribution in [1.82, 2.24) is 9.78 Å². The molecule has 0 aliphatic carbocycles. The number of nitrogens with zero attached hydrogens (tertiary/aromatic N) is 2. The summed E-state index contributed by atoms with van der Waals surface area (Å²) in [6.45, 7) is 6.76. The zero-order valence-electron chi connectivity index (χ0n) is 10.6. The molecule has 4 heteroatoms. The summed E-state index contributed by atoms with van der Waals surface area (Å²) in [5, 5.41) is 7.98. The van der Waals surface area contributed by atoms with E-state index in [0.717, 1.165) is 5.69 Å². The molecule has 2 rings (SSSR count). The van der Waals surface area contributed by atoms with E-state index in [4.69, 9.17) is 0 Å². The zero-order valence-corrected chi connectivity index (χ0v) is 11.4. The third-order valence-corrected chi connectivity index (χ3v) is 4.61. The first-order valence-corrected chi connectivity index (χ1v) is 6.96. The SMILES string of the molecule is Cc1nn(C)cc1NC1CSCC(C)(C)C1. The summed E-state index contributed by atoms with van der Waals surface area (Å²) in [6.07, 6.45) is 3.32. The second kappa shape index (κ2) is 4.32. The van der Waals surface area contributed by atoms with Gasteiger partial charge in [-0.1, -0.05) is 13.8 Å². The predicted octanol–water partition coefficient (Wildman–Crippen LogP) is 2.67. The third kappa shape index (κ3) is 2.73. The highest BCUT2D eigenvalue weighted by Gasteiger charge is 2.28. The van der Waals surface area contributed by atoms with E-state index in [0.29, 0.717) is 11.5 Å². The molecule has 2 heterocycles. The van der Waals surface area contributed by atoms with Crippen LogP contribution in [0.5, 0.6) is 0 Å². The topological polar surface area (TPSA) is 29.9 Å². The molecular formula is C12H21N3S. The van der Waals surface area contributed by atoms with Crippen molar-refractivity contribution in [3.8, 4) is 0 Å². The van der Waals surface area contributed by atoms with Gasteiger partial charge in [-0.15, -0.1) is 0 Å². The van der Waals surface area contributed by atoms with Crippen LogP contribution in [0.25, 0.3) is 0 Å². The van der Waals surface area contributed by atoms with Crippen molar-refractivity contribution >= 4 is 17.4 Å². The predicted molar refractivity (Wildman–Crippen MR) is 71.1 cm³/mol. The maximum atomic E-state index is 4.36. The van der Waals surface area contributed by atoms with Gasteiger partial charge in [0.1, 0.15) is 0 Å². The molecule has 1 aliphatic rings. The van der Waals surface area contributed by atoms with Crippen LogP contribution in [0, 0.1) is 12.3 Å². The van der Waals surface area contributed by atoms with Gasteiger partial charge in [-0.2, -0.15) is 16.9 Å². The van der Waals surface area contributed by atoms with Crippen LogP contribution in [0.1, 0.15) is 26.0 Å². The van der Waals surface area contributed by atoms with Crippen LogP contribution in [0.4, 0.5) is 5.69 Å². The number of aryl methyl sites for hydroxylation is 2. The lowest BCUT2D eigenvalue weighted by Gasteiger charge is -2.35. The van der Waals surface area contributed by atoms with Crippen molar-refractivity contribution in [1.29, 1.82) is 0 Å². The maximum Gasteiger partial charge on any atom is 0.0825 e. The number of rotatable bonds is 2. The van der Waals surface area contributed by atoms with Gasteiger partial charge in [-0.05, 0) is 24.5 Å². The van der Waals surface area contributed by atoms with E-state index in [1.165, 1.54) is 23.6 Å². The molecule has 0 radical (unpaired) electrons. The van der Waals surface area contributed by atoms with Gasteiger partial charge in [-0.3, -0.25) is 4.68 Å². The number of aromatic nitrogens is 2. The van der Waals surface area contributed by atoms with Gasteiger partial charge in [0.05, 0.1) is 11.4 Å². The Morgan fingerprint density at radius 2 is 2.31 bits per heavy atom. The van der Waals surface area contributed by atoms with Crippen LogP contribution in [0.3, 0.4) is 0 Å². The molecule has 0 aromatic carbocycles. The average molecular weight is 239 g/mol. The second-order valence-electron chi connectivity index (χ2n) is 5.53. The first kappa shape index (κ1) is 11.8. The monoisotopic (exact) mass is 239 g/mol. The molecule has 0 saturated carbocycles.